The van der Waals surface area contributed by atoms with Gasteiger partial charge in [0.05, 0.1) is 0 Å². The van der Waals surface area contributed by atoms with E-state index in [0.29, 0.717) is 6.61 Å². The fourth-order valence-electron chi connectivity index (χ4n) is 1.50. The van der Waals surface area contributed by atoms with Gasteiger partial charge in [-0.25, -0.2) is 0 Å². The minimum absolute atomic E-state index is 0.489. The van der Waals surface area contributed by atoms with E-state index in [1.165, 1.54) is 0 Å². The maximum atomic E-state index is 5.90. The fraction of sp³-hybridized carbons (Fsp3) is 0.143. The summed E-state index contributed by atoms with van der Waals surface area (Å²) in [5, 5.41) is 0.717. The van der Waals surface area contributed by atoms with E-state index >= 15 is 0 Å². The zero-order valence-corrected chi connectivity index (χ0v) is 10.4. The van der Waals surface area contributed by atoms with Crippen molar-refractivity contribution in [3.63, 3.8) is 0 Å². The van der Waals surface area contributed by atoms with E-state index in [1.54, 1.807) is 0 Å². The lowest BCUT2D eigenvalue weighted by atomic mass is 10.2. The first-order valence-electron chi connectivity index (χ1n) is 5.38. The number of ether oxygens (including phenoxy) is 1. The van der Waals surface area contributed by atoms with E-state index < -0.39 is 0 Å². The van der Waals surface area contributed by atoms with Crippen LogP contribution in [-0.4, -0.2) is 0 Å². The molecule has 88 valence electrons. The average Bonchev–Trinajstić information content (AvgIpc) is 2.31. The molecule has 0 heterocycles. The summed E-state index contributed by atoms with van der Waals surface area (Å²) in [6, 6.07) is 13.3. The van der Waals surface area contributed by atoms with E-state index in [0.717, 1.165) is 27.6 Å². The van der Waals surface area contributed by atoms with Crippen LogP contribution >= 0.6 is 11.6 Å². The monoisotopic (exact) mass is 247 g/mol. The molecular weight excluding hydrogens is 234 g/mol. The topological polar surface area (TPSA) is 35.2 Å². The SMILES string of the molecule is Cc1ccc(OCc2cccc(Cl)c2)cc1N. The Morgan fingerprint density at radius 1 is 1.18 bits per heavy atom. The highest BCUT2D eigenvalue weighted by atomic mass is 35.5. The lowest BCUT2D eigenvalue weighted by Gasteiger charge is -2.08. The molecule has 0 aliphatic heterocycles. The van der Waals surface area contributed by atoms with Crippen molar-refractivity contribution in [2.24, 2.45) is 0 Å². The van der Waals surface area contributed by atoms with Crippen molar-refractivity contribution in [1.82, 2.24) is 0 Å². The van der Waals surface area contributed by atoms with E-state index in [-0.39, 0.29) is 0 Å². The van der Waals surface area contributed by atoms with Crippen LogP contribution in [0.2, 0.25) is 5.02 Å². The van der Waals surface area contributed by atoms with Gasteiger partial charge in [0.1, 0.15) is 12.4 Å². The Morgan fingerprint density at radius 3 is 2.71 bits per heavy atom. The summed E-state index contributed by atoms with van der Waals surface area (Å²) in [6.07, 6.45) is 0. The summed E-state index contributed by atoms with van der Waals surface area (Å²) in [4.78, 5) is 0. The predicted octanol–water partition coefficient (Wildman–Crippen LogP) is 3.81. The van der Waals surface area contributed by atoms with Gasteiger partial charge in [-0.15, -0.1) is 0 Å². The van der Waals surface area contributed by atoms with Crippen LogP contribution in [0.1, 0.15) is 11.1 Å². The minimum Gasteiger partial charge on any atom is -0.489 e. The highest BCUT2D eigenvalue weighted by molar-refractivity contribution is 6.30. The van der Waals surface area contributed by atoms with Crippen LogP contribution < -0.4 is 10.5 Å². The Bertz CT molecular complexity index is 525. The lowest BCUT2D eigenvalue weighted by Crippen LogP contribution is -1.97. The number of anilines is 1. The first-order valence-corrected chi connectivity index (χ1v) is 5.76. The lowest BCUT2D eigenvalue weighted by molar-refractivity contribution is 0.306. The van der Waals surface area contributed by atoms with Crippen molar-refractivity contribution in [3.05, 3.63) is 58.6 Å². The zero-order chi connectivity index (χ0) is 12.3. The van der Waals surface area contributed by atoms with Gasteiger partial charge in [-0.2, -0.15) is 0 Å². The molecule has 2 nitrogen and oxygen atoms in total. The molecule has 0 amide bonds. The third-order valence-electron chi connectivity index (χ3n) is 2.55. The number of aryl methyl sites for hydroxylation is 1. The number of benzene rings is 2. The quantitative estimate of drug-likeness (QED) is 0.837. The third kappa shape index (κ3) is 3.14. The van der Waals surface area contributed by atoms with Gasteiger partial charge in [-0.1, -0.05) is 29.8 Å². The molecule has 17 heavy (non-hydrogen) atoms. The fourth-order valence-corrected chi connectivity index (χ4v) is 1.71. The Hall–Kier alpha value is -1.67. The summed E-state index contributed by atoms with van der Waals surface area (Å²) < 4.78 is 5.64. The van der Waals surface area contributed by atoms with Crippen molar-refractivity contribution >= 4 is 17.3 Å². The smallest absolute Gasteiger partial charge is 0.121 e. The Balaban J connectivity index is 2.05. The van der Waals surface area contributed by atoms with Crippen LogP contribution in [0.3, 0.4) is 0 Å². The molecule has 0 bridgehead atoms. The number of nitrogens with two attached hydrogens (primary N) is 1. The van der Waals surface area contributed by atoms with Gasteiger partial charge in [-0.3, -0.25) is 0 Å². The van der Waals surface area contributed by atoms with Crippen molar-refractivity contribution in [2.75, 3.05) is 5.73 Å². The number of rotatable bonds is 3. The second kappa shape index (κ2) is 5.11. The van der Waals surface area contributed by atoms with E-state index in [9.17, 15) is 0 Å². The molecule has 2 N–H and O–H groups in total. The second-order valence-corrected chi connectivity index (χ2v) is 4.37. The molecule has 0 fully saturated rings. The molecule has 0 spiro atoms. The van der Waals surface area contributed by atoms with Gasteiger partial charge in [0.25, 0.3) is 0 Å². The molecule has 0 atom stereocenters. The van der Waals surface area contributed by atoms with Gasteiger partial charge in [0.2, 0.25) is 0 Å². The average molecular weight is 248 g/mol. The summed E-state index contributed by atoms with van der Waals surface area (Å²) in [5.41, 5.74) is 8.65. The normalized spacial score (nSPS) is 10.2. The Labute approximate surface area is 106 Å². The zero-order valence-electron chi connectivity index (χ0n) is 9.61. The largest absolute Gasteiger partial charge is 0.489 e. The maximum absolute atomic E-state index is 5.90. The molecule has 0 radical (unpaired) electrons. The summed E-state index contributed by atoms with van der Waals surface area (Å²) in [5.74, 6) is 0.771. The van der Waals surface area contributed by atoms with E-state index in [4.69, 9.17) is 22.1 Å². The van der Waals surface area contributed by atoms with Crippen molar-refractivity contribution in [1.29, 1.82) is 0 Å². The van der Waals surface area contributed by atoms with Gasteiger partial charge < -0.3 is 10.5 Å². The molecule has 0 aliphatic rings. The summed E-state index contributed by atoms with van der Waals surface area (Å²) >= 11 is 5.90. The van der Waals surface area contributed by atoms with Crippen LogP contribution in [0.25, 0.3) is 0 Å². The van der Waals surface area contributed by atoms with Crippen LogP contribution in [-0.2, 0) is 6.61 Å². The first-order chi connectivity index (χ1) is 8.15. The minimum atomic E-state index is 0.489. The van der Waals surface area contributed by atoms with Gasteiger partial charge in [0, 0.05) is 16.8 Å². The Kier molecular flexibility index (Phi) is 3.55. The van der Waals surface area contributed by atoms with Crippen molar-refractivity contribution in [2.45, 2.75) is 13.5 Å². The Morgan fingerprint density at radius 2 is 2.00 bits per heavy atom. The van der Waals surface area contributed by atoms with Gasteiger partial charge in [0.15, 0.2) is 0 Å². The number of halogens is 1. The molecule has 2 rings (SSSR count). The maximum Gasteiger partial charge on any atom is 0.121 e. The molecule has 3 heteroatoms. The third-order valence-corrected chi connectivity index (χ3v) is 2.78. The van der Waals surface area contributed by atoms with Crippen LogP contribution in [0, 0.1) is 6.92 Å². The van der Waals surface area contributed by atoms with Gasteiger partial charge in [-0.05, 0) is 36.2 Å². The van der Waals surface area contributed by atoms with Crippen LogP contribution in [0.15, 0.2) is 42.5 Å². The predicted molar refractivity (Wildman–Crippen MR) is 71.4 cm³/mol. The molecule has 0 unspecified atom stereocenters. The van der Waals surface area contributed by atoms with Gasteiger partial charge >= 0.3 is 0 Å². The van der Waals surface area contributed by atoms with E-state index in [2.05, 4.69) is 0 Å². The van der Waals surface area contributed by atoms with Crippen LogP contribution in [0.5, 0.6) is 5.75 Å². The highest BCUT2D eigenvalue weighted by Crippen LogP contribution is 2.20. The van der Waals surface area contributed by atoms with Crippen LogP contribution in [0.4, 0.5) is 5.69 Å². The van der Waals surface area contributed by atoms with Crippen molar-refractivity contribution < 1.29 is 4.74 Å². The first kappa shape index (κ1) is 11.8. The molecule has 2 aromatic rings. The highest BCUT2D eigenvalue weighted by Gasteiger charge is 1.99. The number of hydrogen-bond donors (Lipinski definition) is 1. The summed E-state index contributed by atoms with van der Waals surface area (Å²) in [6.45, 7) is 2.46. The molecule has 2 aromatic carbocycles. The molecule has 0 aliphatic carbocycles. The van der Waals surface area contributed by atoms with Crippen molar-refractivity contribution in [3.8, 4) is 5.75 Å². The molecule has 0 saturated heterocycles. The molecule has 0 aromatic heterocycles. The number of nitrogen functional groups attached to an aromatic ring is 1. The standard InChI is InChI=1S/C14H14ClNO/c1-10-5-6-13(8-14(10)16)17-9-11-3-2-4-12(15)7-11/h2-8H,9,16H2,1H3. The molecule has 0 saturated carbocycles. The second-order valence-electron chi connectivity index (χ2n) is 3.94. The number of hydrogen-bond acceptors (Lipinski definition) is 2. The van der Waals surface area contributed by atoms with E-state index in [1.807, 2.05) is 49.4 Å². The summed E-state index contributed by atoms with van der Waals surface area (Å²) in [7, 11) is 0. The molecular formula is C14H14ClNO.